The van der Waals surface area contributed by atoms with Crippen molar-refractivity contribution < 1.29 is 0 Å². The molecule has 1 nitrogen and oxygen atoms in total. The third kappa shape index (κ3) is 4.07. The van der Waals surface area contributed by atoms with E-state index in [1.165, 1.54) is 49.7 Å². The lowest BCUT2D eigenvalue weighted by Gasteiger charge is -2.30. The van der Waals surface area contributed by atoms with Gasteiger partial charge < -0.3 is 5.32 Å². The van der Waals surface area contributed by atoms with Crippen LogP contribution in [0.2, 0.25) is 0 Å². The Labute approximate surface area is 118 Å². The molecule has 1 aromatic rings. The summed E-state index contributed by atoms with van der Waals surface area (Å²) in [7, 11) is 0. The first kappa shape index (κ1) is 14.6. The first-order chi connectivity index (χ1) is 9.35. The van der Waals surface area contributed by atoms with E-state index in [9.17, 15) is 0 Å². The average molecular weight is 259 g/mol. The predicted molar refractivity (Wildman–Crippen MR) is 83.3 cm³/mol. The third-order valence-corrected chi connectivity index (χ3v) is 4.71. The van der Waals surface area contributed by atoms with Crippen LogP contribution in [0.3, 0.4) is 0 Å². The van der Waals surface area contributed by atoms with E-state index in [0.717, 1.165) is 18.9 Å². The molecule has 0 amide bonds. The minimum absolute atomic E-state index is 0.713. The number of hydrogen-bond donors (Lipinski definition) is 1. The summed E-state index contributed by atoms with van der Waals surface area (Å²) in [6.07, 6.45) is 9.59. The van der Waals surface area contributed by atoms with Gasteiger partial charge in [0.25, 0.3) is 0 Å². The Bertz CT molecular complexity index is 366. The van der Waals surface area contributed by atoms with Crippen LogP contribution in [0.15, 0.2) is 24.3 Å². The molecule has 0 saturated heterocycles. The molecule has 0 heterocycles. The zero-order valence-electron chi connectivity index (χ0n) is 12.6. The van der Waals surface area contributed by atoms with E-state index in [1.807, 2.05) is 0 Å². The van der Waals surface area contributed by atoms with E-state index >= 15 is 0 Å². The standard InChI is InChI=1S/C18H29N/c1-3-15-10-8-9-13-17(15)14-19-18(4-2)16-11-6-5-7-12-16/h8-10,13,16,18-19H,3-7,11-12,14H2,1-2H3. The maximum atomic E-state index is 3.83. The Morgan fingerprint density at radius 2 is 1.74 bits per heavy atom. The number of aryl methyl sites for hydroxylation is 1. The van der Waals surface area contributed by atoms with Crippen molar-refractivity contribution in [3.63, 3.8) is 0 Å². The van der Waals surface area contributed by atoms with Crippen LogP contribution >= 0.6 is 0 Å². The molecule has 1 saturated carbocycles. The molecule has 106 valence electrons. The van der Waals surface area contributed by atoms with Crippen LogP contribution in [0.1, 0.15) is 63.5 Å². The molecule has 1 aromatic carbocycles. The monoisotopic (exact) mass is 259 g/mol. The van der Waals surface area contributed by atoms with Crippen LogP contribution in [-0.4, -0.2) is 6.04 Å². The lowest BCUT2D eigenvalue weighted by molar-refractivity contribution is 0.261. The van der Waals surface area contributed by atoms with Gasteiger partial charge in [-0.05, 0) is 42.7 Å². The highest BCUT2D eigenvalue weighted by atomic mass is 14.9. The maximum Gasteiger partial charge on any atom is 0.0210 e. The predicted octanol–water partition coefficient (Wildman–Crippen LogP) is 4.70. The molecular weight excluding hydrogens is 230 g/mol. The van der Waals surface area contributed by atoms with E-state index in [4.69, 9.17) is 0 Å². The van der Waals surface area contributed by atoms with Gasteiger partial charge in [0.15, 0.2) is 0 Å². The summed E-state index contributed by atoms with van der Waals surface area (Å²) in [6.45, 7) is 5.62. The molecule has 0 spiro atoms. The van der Waals surface area contributed by atoms with E-state index in [-0.39, 0.29) is 0 Å². The number of benzene rings is 1. The van der Waals surface area contributed by atoms with Gasteiger partial charge in [-0.15, -0.1) is 0 Å². The number of hydrogen-bond acceptors (Lipinski definition) is 1. The minimum Gasteiger partial charge on any atom is -0.310 e. The van der Waals surface area contributed by atoms with E-state index in [0.29, 0.717) is 6.04 Å². The fraction of sp³-hybridized carbons (Fsp3) is 0.667. The van der Waals surface area contributed by atoms with Gasteiger partial charge in [0.1, 0.15) is 0 Å². The second-order valence-electron chi connectivity index (χ2n) is 5.92. The van der Waals surface area contributed by atoms with Crippen LogP contribution in [0.25, 0.3) is 0 Å². The molecule has 0 radical (unpaired) electrons. The number of rotatable bonds is 6. The summed E-state index contributed by atoms with van der Waals surface area (Å²) < 4.78 is 0. The first-order valence-corrected chi connectivity index (χ1v) is 8.15. The zero-order chi connectivity index (χ0) is 13.5. The lowest BCUT2D eigenvalue weighted by Crippen LogP contribution is -2.36. The van der Waals surface area contributed by atoms with Crippen molar-refractivity contribution in [3.8, 4) is 0 Å². The second kappa shape index (κ2) is 7.69. The van der Waals surface area contributed by atoms with Crippen LogP contribution in [-0.2, 0) is 13.0 Å². The Balaban J connectivity index is 1.91. The van der Waals surface area contributed by atoms with E-state index < -0.39 is 0 Å². The molecule has 1 aliphatic rings. The fourth-order valence-electron chi connectivity index (χ4n) is 3.50. The maximum absolute atomic E-state index is 3.83. The van der Waals surface area contributed by atoms with Gasteiger partial charge in [0.2, 0.25) is 0 Å². The quantitative estimate of drug-likeness (QED) is 0.781. The summed E-state index contributed by atoms with van der Waals surface area (Å²) in [4.78, 5) is 0. The molecule has 1 heteroatoms. The fourth-order valence-corrected chi connectivity index (χ4v) is 3.50. The molecule has 1 N–H and O–H groups in total. The molecule has 1 atom stereocenters. The molecule has 1 aliphatic carbocycles. The summed E-state index contributed by atoms with van der Waals surface area (Å²) in [5.74, 6) is 0.910. The van der Waals surface area contributed by atoms with Crippen LogP contribution in [0, 0.1) is 5.92 Å². The Morgan fingerprint density at radius 1 is 1.05 bits per heavy atom. The van der Waals surface area contributed by atoms with Crippen molar-refractivity contribution in [2.75, 3.05) is 0 Å². The lowest BCUT2D eigenvalue weighted by atomic mass is 9.83. The topological polar surface area (TPSA) is 12.0 Å². The highest BCUT2D eigenvalue weighted by molar-refractivity contribution is 5.26. The van der Waals surface area contributed by atoms with E-state index in [1.54, 1.807) is 0 Å². The molecule has 0 aliphatic heterocycles. The van der Waals surface area contributed by atoms with Gasteiger partial charge >= 0.3 is 0 Å². The molecule has 1 fully saturated rings. The molecule has 0 aromatic heterocycles. The Hall–Kier alpha value is -0.820. The summed E-state index contributed by atoms with van der Waals surface area (Å²) in [5.41, 5.74) is 2.98. The van der Waals surface area contributed by atoms with Gasteiger partial charge in [-0.2, -0.15) is 0 Å². The van der Waals surface area contributed by atoms with Gasteiger partial charge in [0, 0.05) is 12.6 Å². The van der Waals surface area contributed by atoms with Crippen LogP contribution in [0.4, 0.5) is 0 Å². The minimum atomic E-state index is 0.713. The first-order valence-electron chi connectivity index (χ1n) is 8.15. The molecule has 0 bridgehead atoms. The molecule has 2 rings (SSSR count). The van der Waals surface area contributed by atoms with Crippen molar-refractivity contribution >= 4 is 0 Å². The van der Waals surface area contributed by atoms with Gasteiger partial charge in [0.05, 0.1) is 0 Å². The van der Waals surface area contributed by atoms with Crippen LogP contribution < -0.4 is 5.32 Å². The smallest absolute Gasteiger partial charge is 0.0210 e. The summed E-state index contributed by atoms with van der Waals surface area (Å²) in [5, 5.41) is 3.83. The average Bonchev–Trinajstić information content (AvgIpc) is 2.49. The van der Waals surface area contributed by atoms with Crippen molar-refractivity contribution in [2.45, 2.75) is 71.4 Å². The Kier molecular flexibility index (Phi) is 5.91. The normalized spacial score (nSPS) is 18.4. The van der Waals surface area contributed by atoms with Gasteiger partial charge in [-0.3, -0.25) is 0 Å². The van der Waals surface area contributed by atoms with Crippen molar-refractivity contribution in [3.05, 3.63) is 35.4 Å². The summed E-state index contributed by atoms with van der Waals surface area (Å²) in [6, 6.07) is 9.57. The highest BCUT2D eigenvalue weighted by Crippen LogP contribution is 2.28. The largest absolute Gasteiger partial charge is 0.310 e. The highest BCUT2D eigenvalue weighted by Gasteiger charge is 2.21. The van der Waals surface area contributed by atoms with Crippen LogP contribution in [0.5, 0.6) is 0 Å². The van der Waals surface area contributed by atoms with Crippen molar-refractivity contribution in [1.82, 2.24) is 5.32 Å². The van der Waals surface area contributed by atoms with Gasteiger partial charge in [-0.1, -0.05) is 57.4 Å². The van der Waals surface area contributed by atoms with Gasteiger partial charge in [-0.25, -0.2) is 0 Å². The summed E-state index contributed by atoms with van der Waals surface area (Å²) >= 11 is 0. The molecular formula is C18H29N. The third-order valence-electron chi connectivity index (χ3n) is 4.71. The van der Waals surface area contributed by atoms with Crippen molar-refractivity contribution in [2.24, 2.45) is 5.92 Å². The molecule has 19 heavy (non-hydrogen) atoms. The molecule has 1 unspecified atom stereocenters. The second-order valence-corrected chi connectivity index (χ2v) is 5.92. The van der Waals surface area contributed by atoms with Crippen molar-refractivity contribution in [1.29, 1.82) is 0 Å². The number of nitrogens with one attached hydrogen (secondary N) is 1. The SMILES string of the molecule is CCc1ccccc1CNC(CC)C1CCCCC1. The zero-order valence-corrected chi connectivity index (χ0v) is 12.6. The Morgan fingerprint density at radius 3 is 2.37 bits per heavy atom. The van der Waals surface area contributed by atoms with E-state index in [2.05, 4.69) is 43.4 Å².